The van der Waals surface area contributed by atoms with E-state index >= 15 is 0 Å². The first-order chi connectivity index (χ1) is 6.24. The van der Waals surface area contributed by atoms with Crippen LogP contribution in [0.15, 0.2) is 22.9 Å². The van der Waals surface area contributed by atoms with E-state index in [2.05, 4.69) is 20.9 Å². The maximum atomic E-state index is 11.1. The lowest BCUT2D eigenvalue weighted by Gasteiger charge is -2.03. The smallest absolute Gasteiger partial charge is 0.311 e. The van der Waals surface area contributed by atoms with Crippen LogP contribution >= 0.6 is 15.9 Å². The van der Waals surface area contributed by atoms with Crippen LogP contribution in [0.5, 0.6) is 5.75 Å². The van der Waals surface area contributed by atoms with Gasteiger partial charge in [0.05, 0.1) is 0 Å². The fraction of sp³-hybridized carbons (Fsp3) is 0.333. The molecule has 1 aromatic rings. The Bertz CT molecular complexity index is 301. The number of rotatable bonds is 3. The molecule has 70 valence electrons. The number of hydrogen-bond donors (Lipinski definition) is 0. The molecule has 0 aliphatic carbocycles. The van der Waals surface area contributed by atoms with E-state index in [1.165, 1.54) is 0 Å². The number of pyridine rings is 1. The summed E-state index contributed by atoms with van der Waals surface area (Å²) in [6, 6.07) is 3.42. The Kier molecular flexibility index (Phi) is 3.89. The predicted molar refractivity (Wildman–Crippen MR) is 52.5 cm³/mol. The molecule has 0 aliphatic rings. The van der Waals surface area contributed by atoms with Crippen molar-refractivity contribution in [1.82, 2.24) is 4.98 Å². The Labute approximate surface area is 85.3 Å². The minimum absolute atomic E-state index is 0.226. The van der Waals surface area contributed by atoms with Gasteiger partial charge in [-0.15, -0.1) is 0 Å². The van der Waals surface area contributed by atoms with Crippen molar-refractivity contribution in [2.45, 2.75) is 19.8 Å². The summed E-state index contributed by atoms with van der Waals surface area (Å²) in [6.07, 6.45) is 2.85. The van der Waals surface area contributed by atoms with Gasteiger partial charge in [0.2, 0.25) is 0 Å². The third-order valence-electron chi connectivity index (χ3n) is 1.40. The molecule has 0 aliphatic heterocycles. The predicted octanol–water partition coefficient (Wildman–Crippen LogP) is 2.55. The van der Waals surface area contributed by atoms with Crippen LogP contribution in [0.3, 0.4) is 0 Å². The van der Waals surface area contributed by atoms with Gasteiger partial charge in [-0.25, -0.2) is 4.98 Å². The van der Waals surface area contributed by atoms with Crippen LogP contribution in [0, 0.1) is 0 Å². The SMILES string of the molecule is CCCC(=O)Oc1cccnc1Br. The van der Waals surface area contributed by atoms with Crippen molar-refractivity contribution < 1.29 is 9.53 Å². The fourth-order valence-corrected chi connectivity index (χ4v) is 1.16. The molecule has 0 unspecified atom stereocenters. The van der Waals surface area contributed by atoms with Gasteiger partial charge in [0.15, 0.2) is 5.75 Å². The molecular weight excluding hydrogens is 234 g/mol. The summed E-state index contributed by atoms with van der Waals surface area (Å²) in [5.74, 6) is 0.247. The summed E-state index contributed by atoms with van der Waals surface area (Å²) < 4.78 is 5.59. The fourth-order valence-electron chi connectivity index (χ4n) is 0.825. The number of halogens is 1. The van der Waals surface area contributed by atoms with E-state index in [0.29, 0.717) is 16.8 Å². The number of aromatic nitrogens is 1. The molecule has 0 bridgehead atoms. The van der Waals surface area contributed by atoms with Gasteiger partial charge < -0.3 is 4.74 Å². The second-order valence-electron chi connectivity index (χ2n) is 2.52. The second-order valence-corrected chi connectivity index (χ2v) is 3.27. The highest BCUT2D eigenvalue weighted by Crippen LogP contribution is 2.21. The molecule has 0 fully saturated rings. The van der Waals surface area contributed by atoms with Crippen LogP contribution in [-0.2, 0) is 4.79 Å². The quantitative estimate of drug-likeness (QED) is 0.605. The van der Waals surface area contributed by atoms with Crippen LogP contribution in [0.2, 0.25) is 0 Å². The van der Waals surface area contributed by atoms with Crippen molar-refractivity contribution in [3.63, 3.8) is 0 Å². The molecule has 0 radical (unpaired) electrons. The van der Waals surface area contributed by atoms with Crippen LogP contribution in [0.25, 0.3) is 0 Å². The lowest BCUT2D eigenvalue weighted by atomic mass is 10.3. The highest BCUT2D eigenvalue weighted by Gasteiger charge is 2.06. The Morgan fingerprint density at radius 2 is 2.46 bits per heavy atom. The lowest BCUT2D eigenvalue weighted by molar-refractivity contribution is -0.134. The van der Waals surface area contributed by atoms with E-state index in [4.69, 9.17) is 4.74 Å². The van der Waals surface area contributed by atoms with Gasteiger partial charge in [0.25, 0.3) is 0 Å². The molecule has 0 aromatic carbocycles. The van der Waals surface area contributed by atoms with Crippen molar-refractivity contribution in [2.24, 2.45) is 0 Å². The number of hydrogen-bond acceptors (Lipinski definition) is 3. The first-order valence-electron chi connectivity index (χ1n) is 4.05. The molecule has 1 rings (SSSR count). The number of esters is 1. The van der Waals surface area contributed by atoms with E-state index < -0.39 is 0 Å². The second kappa shape index (κ2) is 4.97. The van der Waals surface area contributed by atoms with Crippen molar-refractivity contribution in [1.29, 1.82) is 0 Å². The Hall–Kier alpha value is -0.900. The minimum atomic E-state index is -0.226. The molecule has 0 amide bonds. The molecule has 3 nitrogen and oxygen atoms in total. The maximum Gasteiger partial charge on any atom is 0.311 e. The van der Waals surface area contributed by atoms with Crippen LogP contribution in [0.1, 0.15) is 19.8 Å². The van der Waals surface area contributed by atoms with Crippen molar-refractivity contribution in [3.8, 4) is 5.75 Å². The first kappa shape index (κ1) is 10.2. The zero-order valence-electron chi connectivity index (χ0n) is 7.29. The molecular formula is C9H10BrNO2. The topological polar surface area (TPSA) is 39.2 Å². The third kappa shape index (κ3) is 3.14. The monoisotopic (exact) mass is 243 g/mol. The summed E-state index contributed by atoms with van der Waals surface area (Å²) in [5.41, 5.74) is 0. The highest BCUT2D eigenvalue weighted by molar-refractivity contribution is 9.10. The van der Waals surface area contributed by atoms with Crippen molar-refractivity contribution >= 4 is 21.9 Å². The van der Waals surface area contributed by atoms with Crippen molar-refractivity contribution in [2.75, 3.05) is 0 Å². The number of nitrogens with zero attached hydrogens (tertiary/aromatic N) is 1. The summed E-state index contributed by atoms with van der Waals surface area (Å²) in [6.45, 7) is 1.93. The van der Waals surface area contributed by atoms with E-state index in [0.717, 1.165) is 6.42 Å². The molecule has 1 heterocycles. The van der Waals surface area contributed by atoms with Gasteiger partial charge in [-0.1, -0.05) is 6.92 Å². The van der Waals surface area contributed by atoms with E-state index in [1.54, 1.807) is 18.3 Å². The Morgan fingerprint density at radius 1 is 1.69 bits per heavy atom. The average Bonchev–Trinajstić information content (AvgIpc) is 2.09. The zero-order chi connectivity index (χ0) is 9.68. The number of ether oxygens (including phenoxy) is 1. The molecule has 0 atom stereocenters. The molecule has 0 saturated heterocycles. The molecule has 4 heteroatoms. The summed E-state index contributed by atoms with van der Waals surface area (Å²) >= 11 is 3.19. The normalized spacial score (nSPS) is 9.69. The maximum absolute atomic E-state index is 11.1. The highest BCUT2D eigenvalue weighted by atomic mass is 79.9. The Balaban J connectivity index is 2.63. The first-order valence-corrected chi connectivity index (χ1v) is 4.84. The number of carbonyl (C=O) groups excluding carboxylic acids is 1. The Morgan fingerprint density at radius 3 is 3.08 bits per heavy atom. The van der Waals surface area contributed by atoms with Gasteiger partial charge in [-0.3, -0.25) is 4.79 Å². The van der Waals surface area contributed by atoms with E-state index in [1.807, 2.05) is 6.92 Å². The van der Waals surface area contributed by atoms with Gasteiger partial charge in [0, 0.05) is 12.6 Å². The van der Waals surface area contributed by atoms with Crippen LogP contribution in [0.4, 0.5) is 0 Å². The third-order valence-corrected chi connectivity index (χ3v) is 2.00. The summed E-state index contributed by atoms with van der Waals surface area (Å²) in [5, 5.41) is 0. The molecule has 13 heavy (non-hydrogen) atoms. The van der Waals surface area contributed by atoms with Gasteiger partial charge in [0.1, 0.15) is 4.60 Å². The average molecular weight is 244 g/mol. The minimum Gasteiger partial charge on any atom is -0.424 e. The lowest BCUT2D eigenvalue weighted by Crippen LogP contribution is -2.07. The van der Waals surface area contributed by atoms with E-state index in [-0.39, 0.29) is 5.97 Å². The standard InChI is InChI=1S/C9H10BrNO2/c1-2-4-8(12)13-7-5-3-6-11-9(7)10/h3,5-6H,2,4H2,1H3. The van der Waals surface area contributed by atoms with Crippen LogP contribution < -0.4 is 4.74 Å². The van der Waals surface area contributed by atoms with Crippen molar-refractivity contribution in [3.05, 3.63) is 22.9 Å². The van der Waals surface area contributed by atoms with Gasteiger partial charge in [-0.05, 0) is 34.5 Å². The number of carbonyl (C=O) groups is 1. The van der Waals surface area contributed by atoms with E-state index in [9.17, 15) is 4.79 Å². The molecule has 0 saturated carbocycles. The molecule has 0 N–H and O–H groups in total. The largest absolute Gasteiger partial charge is 0.424 e. The van der Waals surface area contributed by atoms with Gasteiger partial charge in [-0.2, -0.15) is 0 Å². The van der Waals surface area contributed by atoms with Gasteiger partial charge >= 0.3 is 5.97 Å². The summed E-state index contributed by atoms with van der Waals surface area (Å²) in [7, 11) is 0. The molecule has 1 aromatic heterocycles. The van der Waals surface area contributed by atoms with Crippen LogP contribution in [-0.4, -0.2) is 11.0 Å². The zero-order valence-corrected chi connectivity index (χ0v) is 8.87. The summed E-state index contributed by atoms with van der Waals surface area (Å²) in [4.78, 5) is 15.0. The molecule has 0 spiro atoms.